The van der Waals surface area contributed by atoms with E-state index in [-0.39, 0.29) is 6.10 Å². The lowest BCUT2D eigenvalue weighted by Crippen LogP contribution is -2.22. The van der Waals surface area contributed by atoms with Gasteiger partial charge in [0, 0.05) is 12.8 Å². The van der Waals surface area contributed by atoms with Gasteiger partial charge in [-0.3, -0.25) is 0 Å². The fourth-order valence-corrected chi connectivity index (χ4v) is 2.38. The molecule has 0 bridgehead atoms. The monoisotopic (exact) mass is 343 g/mol. The number of hydrogen-bond acceptors (Lipinski definition) is 4. The third kappa shape index (κ3) is 6.67. The number of ether oxygens (including phenoxy) is 3. The van der Waals surface area contributed by atoms with Crippen molar-refractivity contribution in [2.45, 2.75) is 32.8 Å². The fourth-order valence-electron chi connectivity index (χ4n) is 2.38. The zero-order chi connectivity index (χ0) is 18.1. The van der Waals surface area contributed by atoms with Gasteiger partial charge in [-0.1, -0.05) is 26.0 Å². The smallest absolute Gasteiger partial charge is 0.119 e. The molecule has 25 heavy (non-hydrogen) atoms. The Morgan fingerprint density at radius 3 is 2.08 bits per heavy atom. The predicted molar refractivity (Wildman–Crippen MR) is 103 cm³/mol. The van der Waals surface area contributed by atoms with Crippen LogP contribution in [0.2, 0.25) is 0 Å². The molecule has 4 nitrogen and oxygen atoms in total. The first kappa shape index (κ1) is 19.1. The number of rotatable bonds is 10. The van der Waals surface area contributed by atoms with Crippen LogP contribution in [-0.4, -0.2) is 33.0 Å². The summed E-state index contributed by atoms with van der Waals surface area (Å²) in [6.07, 6.45) is 0.0718. The first-order chi connectivity index (χ1) is 12.1. The van der Waals surface area contributed by atoms with E-state index < -0.39 is 0 Å². The highest BCUT2D eigenvalue weighted by molar-refractivity contribution is 5.46. The van der Waals surface area contributed by atoms with Crippen LogP contribution < -0.4 is 14.8 Å². The Morgan fingerprint density at radius 1 is 0.840 bits per heavy atom. The molecule has 2 aromatic rings. The van der Waals surface area contributed by atoms with Crippen LogP contribution in [0.25, 0.3) is 0 Å². The van der Waals surface area contributed by atoms with Crippen molar-refractivity contribution in [2.24, 2.45) is 0 Å². The van der Waals surface area contributed by atoms with E-state index in [1.54, 1.807) is 7.11 Å². The molecule has 0 radical (unpaired) electrons. The molecule has 4 heteroatoms. The standard InChI is InChI=1S/C21H29NO3/c1-16(2)18-5-9-21(10-6-18)25-17(3)15-22-19-7-11-20(12-8-19)24-14-13-23-4/h5-12,16-17,22H,13-15H2,1-4H3. The lowest BCUT2D eigenvalue weighted by molar-refractivity contribution is 0.146. The normalized spacial score (nSPS) is 12.0. The molecule has 0 aliphatic heterocycles. The summed E-state index contributed by atoms with van der Waals surface area (Å²) in [5, 5.41) is 3.38. The molecule has 1 atom stereocenters. The molecule has 0 heterocycles. The number of benzene rings is 2. The van der Waals surface area contributed by atoms with Crippen molar-refractivity contribution < 1.29 is 14.2 Å². The van der Waals surface area contributed by atoms with Gasteiger partial charge in [0.2, 0.25) is 0 Å². The molecule has 136 valence electrons. The van der Waals surface area contributed by atoms with Crippen LogP contribution in [0.5, 0.6) is 11.5 Å². The molecule has 0 saturated carbocycles. The lowest BCUT2D eigenvalue weighted by Gasteiger charge is -2.17. The van der Waals surface area contributed by atoms with E-state index in [1.807, 2.05) is 36.4 Å². The van der Waals surface area contributed by atoms with E-state index in [0.29, 0.717) is 19.1 Å². The summed E-state index contributed by atoms with van der Waals surface area (Å²) in [4.78, 5) is 0. The molecule has 0 aromatic heterocycles. The van der Waals surface area contributed by atoms with E-state index in [1.165, 1.54) is 5.56 Å². The Labute approximate surface area is 151 Å². The Hall–Kier alpha value is -2.20. The molecule has 2 rings (SSSR count). The molecule has 0 spiro atoms. The fraction of sp³-hybridized carbons (Fsp3) is 0.429. The van der Waals surface area contributed by atoms with Crippen molar-refractivity contribution in [3.63, 3.8) is 0 Å². The third-order valence-corrected chi connectivity index (χ3v) is 3.89. The van der Waals surface area contributed by atoms with E-state index in [4.69, 9.17) is 14.2 Å². The van der Waals surface area contributed by atoms with E-state index in [2.05, 4.69) is 38.2 Å². The SMILES string of the molecule is COCCOc1ccc(NCC(C)Oc2ccc(C(C)C)cc2)cc1. The van der Waals surface area contributed by atoms with Gasteiger partial charge in [0.1, 0.15) is 24.2 Å². The van der Waals surface area contributed by atoms with Gasteiger partial charge in [-0.15, -0.1) is 0 Å². The van der Waals surface area contributed by atoms with Gasteiger partial charge in [0.25, 0.3) is 0 Å². The van der Waals surface area contributed by atoms with Crippen molar-refractivity contribution >= 4 is 5.69 Å². The second-order valence-corrected chi connectivity index (χ2v) is 6.40. The number of hydrogen-bond donors (Lipinski definition) is 1. The van der Waals surface area contributed by atoms with E-state index in [0.717, 1.165) is 23.7 Å². The number of nitrogens with one attached hydrogen (secondary N) is 1. The Balaban J connectivity index is 1.76. The van der Waals surface area contributed by atoms with Crippen LogP contribution in [0.15, 0.2) is 48.5 Å². The summed E-state index contributed by atoms with van der Waals surface area (Å²) in [6.45, 7) is 8.32. The van der Waals surface area contributed by atoms with Crippen LogP contribution in [0.3, 0.4) is 0 Å². The van der Waals surface area contributed by atoms with E-state index >= 15 is 0 Å². The maximum absolute atomic E-state index is 5.96. The molecule has 2 aromatic carbocycles. The molecule has 0 aliphatic carbocycles. The first-order valence-electron chi connectivity index (χ1n) is 8.80. The van der Waals surface area contributed by atoms with Crippen LogP contribution in [-0.2, 0) is 4.74 Å². The summed E-state index contributed by atoms with van der Waals surface area (Å²) in [7, 11) is 1.66. The molecule has 0 aliphatic rings. The molecule has 0 amide bonds. The van der Waals surface area contributed by atoms with Gasteiger partial charge >= 0.3 is 0 Å². The van der Waals surface area contributed by atoms with Crippen LogP contribution in [0.1, 0.15) is 32.3 Å². The van der Waals surface area contributed by atoms with Gasteiger partial charge in [0.15, 0.2) is 0 Å². The molecular weight excluding hydrogens is 314 g/mol. The molecule has 1 unspecified atom stereocenters. The van der Waals surface area contributed by atoms with Gasteiger partial charge in [0.05, 0.1) is 13.2 Å². The maximum Gasteiger partial charge on any atom is 0.119 e. The maximum atomic E-state index is 5.96. The lowest BCUT2D eigenvalue weighted by atomic mass is 10.0. The summed E-state index contributed by atoms with van der Waals surface area (Å²) in [5.74, 6) is 2.28. The summed E-state index contributed by atoms with van der Waals surface area (Å²) >= 11 is 0. The van der Waals surface area contributed by atoms with Crippen molar-refractivity contribution in [3.8, 4) is 11.5 Å². The van der Waals surface area contributed by atoms with E-state index in [9.17, 15) is 0 Å². The molecule has 0 fully saturated rings. The topological polar surface area (TPSA) is 39.7 Å². The van der Waals surface area contributed by atoms with Crippen molar-refractivity contribution in [1.82, 2.24) is 0 Å². The second kappa shape index (κ2) is 9.94. The highest BCUT2D eigenvalue weighted by atomic mass is 16.5. The van der Waals surface area contributed by atoms with Gasteiger partial charge in [-0.2, -0.15) is 0 Å². The summed E-state index contributed by atoms with van der Waals surface area (Å²) < 4.78 is 16.5. The van der Waals surface area contributed by atoms with Crippen molar-refractivity contribution in [2.75, 3.05) is 32.2 Å². The average Bonchev–Trinajstić information content (AvgIpc) is 2.62. The minimum absolute atomic E-state index is 0.0718. The van der Waals surface area contributed by atoms with Crippen LogP contribution in [0.4, 0.5) is 5.69 Å². The summed E-state index contributed by atoms with van der Waals surface area (Å²) in [5.41, 5.74) is 2.37. The van der Waals surface area contributed by atoms with Crippen molar-refractivity contribution in [3.05, 3.63) is 54.1 Å². The number of anilines is 1. The van der Waals surface area contributed by atoms with Crippen LogP contribution in [0, 0.1) is 0 Å². The first-order valence-corrected chi connectivity index (χ1v) is 8.80. The summed E-state index contributed by atoms with van der Waals surface area (Å²) in [6, 6.07) is 16.3. The van der Waals surface area contributed by atoms with Crippen molar-refractivity contribution in [1.29, 1.82) is 0 Å². The minimum Gasteiger partial charge on any atom is -0.491 e. The number of methoxy groups -OCH3 is 1. The molecule has 1 N–H and O–H groups in total. The highest BCUT2D eigenvalue weighted by Gasteiger charge is 2.05. The third-order valence-electron chi connectivity index (χ3n) is 3.89. The second-order valence-electron chi connectivity index (χ2n) is 6.40. The molecular formula is C21H29NO3. The van der Waals surface area contributed by atoms with Gasteiger partial charge < -0.3 is 19.5 Å². The highest BCUT2D eigenvalue weighted by Crippen LogP contribution is 2.20. The average molecular weight is 343 g/mol. The molecule has 0 saturated heterocycles. The zero-order valence-corrected chi connectivity index (χ0v) is 15.6. The van der Waals surface area contributed by atoms with Gasteiger partial charge in [-0.25, -0.2) is 0 Å². The predicted octanol–water partition coefficient (Wildman–Crippen LogP) is 4.71. The van der Waals surface area contributed by atoms with Gasteiger partial charge in [-0.05, 0) is 54.8 Å². The Morgan fingerprint density at radius 2 is 1.48 bits per heavy atom. The van der Waals surface area contributed by atoms with Crippen LogP contribution >= 0.6 is 0 Å². The zero-order valence-electron chi connectivity index (χ0n) is 15.6. The minimum atomic E-state index is 0.0718. The largest absolute Gasteiger partial charge is 0.491 e. The Bertz CT molecular complexity index is 608. The Kier molecular flexibility index (Phi) is 7.61. The quantitative estimate of drug-likeness (QED) is 0.634.